The van der Waals surface area contributed by atoms with E-state index in [1.165, 1.54) is 12.1 Å². The molecule has 0 saturated heterocycles. The fraction of sp³-hybridized carbons (Fsp3) is 0.500. The van der Waals surface area contributed by atoms with Gasteiger partial charge < -0.3 is 10.1 Å². The van der Waals surface area contributed by atoms with Gasteiger partial charge in [0.2, 0.25) is 5.91 Å². The molecule has 1 rings (SSSR count). The molecule has 1 N–H and O–H groups in total. The van der Waals surface area contributed by atoms with E-state index in [4.69, 9.17) is 4.74 Å². The lowest BCUT2D eigenvalue weighted by atomic mass is 10.2. The van der Waals surface area contributed by atoms with Gasteiger partial charge in [-0.1, -0.05) is 12.1 Å². The second-order valence-electron chi connectivity index (χ2n) is 4.80. The summed E-state index contributed by atoms with van der Waals surface area (Å²) in [6, 6.07) is 6.42. The summed E-state index contributed by atoms with van der Waals surface area (Å²) in [7, 11) is 3.42. The Morgan fingerprint density at radius 1 is 1.48 bits per heavy atom. The molecular formula is C14H21N3O4. The summed E-state index contributed by atoms with van der Waals surface area (Å²) >= 11 is 0. The third kappa shape index (κ3) is 6.82. The summed E-state index contributed by atoms with van der Waals surface area (Å²) in [5.74, 6) is -0.0703. The lowest BCUT2D eigenvalue weighted by Gasteiger charge is -2.16. The molecule has 0 aliphatic heterocycles. The highest BCUT2D eigenvalue weighted by Crippen LogP contribution is 2.14. The molecule has 116 valence electrons. The molecule has 1 aromatic rings. The van der Waals surface area contributed by atoms with Crippen LogP contribution in [0.15, 0.2) is 24.3 Å². The quantitative estimate of drug-likeness (QED) is 0.420. The van der Waals surface area contributed by atoms with Crippen molar-refractivity contribution >= 4 is 11.6 Å². The molecular weight excluding hydrogens is 274 g/mol. The van der Waals surface area contributed by atoms with Crippen molar-refractivity contribution in [3.63, 3.8) is 0 Å². The normalized spacial score (nSPS) is 10.6. The van der Waals surface area contributed by atoms with Crippen LogP contribution >= 0.6 is 0 Å². The number of hydrogen-bond acceptors (Lipinski definition) is 5. The Kier molecular flexibility index (Phi) is 7.34. The highest BCUT2D eigenvalue weighted by atomic mass is 16.6. The molecule has 0 fully saturated rings. The molecule has 0 aliphatic rings. The van der Waals surface area contributed by atoms with Crippen LogP contribution < -0.4 is 5.32 Å². The van der Waals surface area contributed by atoms with Crippen molar-refractivity contribution in [2.24, 2.45) is 0 Å². The Morgan fingerprint density at radius 2 is 2.24 bits per heavy atom. The average molecular weight is 295 g/mol. The third-order valence-electron chi connectivity index (χ3n) is 2.83. The Morgan fingerprint density at radius 3 is 2.90 bits per heavy atom. The first-order valence-corrected chi connectivity index (χ1v) is 6.70. The van der Waals surface area contributed by atoms with Gasteiger partial charge in [-0.15, -0.1) is 0 Å². The number of non-ortho nitro benzene ring substituents is 1. The number of hydrogen-bond donors (Lipinski definition) is 1. The molecule has 1 aromatic carbocycles. The van der Waals surface area contributed by atoms with Gasteiger partial charge in [0.15, 0.2) is 0 Å². The van der Waals surface area contributed by atoms with Crippen molar-refractivity contribution in [2.75, 3.05) is 33.9 Å². The second kappa shape index (κ2) is 9.04. The zero-order valence-electron chi connectivity index (χ0n) is 12.4. The number of nitrogens with zero attached hydrogens (tertiary/aromatic N) is 2. The van der Waals surface area contributed by atoms with Crippen LogP contribution in [-0.4, -0.2) is 49.6 Å². The lowest BCUT2D eigenvalue weighted by molar-refractivity contribution is -0.384. The molecule has 1 amide bonds. The van der Waals surface area contributed by atoms with E-state index >= 15 is 0 Å². The first-order chi connectivity index (χ1) is 10.0. The molecule has 0 heterocycles. The summed E-state index contributed by atoms with van der Waals surface area (Å²) < 4.78 is 4.90. The minimum Gasteiger partial charge on any atom is -0.385 e. The molecule has 0 unspecified atom stereocenters. The van der Waals surface area contributed by atoms with Crippen molar-refractivity contribution < 1.29 is 14.5 Å². The van der Waals surface area contributed by atoms with Crippen LogP contribution in [0.25, 0.3) is 0 Å². The first-order valence-electron chi connectivity index (χ1n) is 6.70. The number of carbonyl (C=O) groups is 1. The van der Waals surface area contributed by atoms with E-state index < -0.39 is 4.92 Å². The fourth-order valence-corrected chi connectivity index (χ4v) is 1.88. The molecule has 7 heteroatoms. The van der Waals surface area contributed by atoms with Crippen molar-refractivity contribution in [3.8, 4) is 0 Å². The maximum absolute atomic E-state index is 11.7. The van der Waals surface area contributed by atoms with Crippen LogP contribution in [0, 0.1) is 10.1 Å². The summed E-state index contributed by atoms with van der Waals surface area (Å²) in [6.07, 6.45) is 0.775. The maximum atomic E-state index is 11.7. The van der Waals surface area contributed by atoms with Crippen molar-refractivity contribution in [1.82, 2.24) is 10.2 Å². The SMILES string of the molecule is COCCCNC(=O)CN(C)Cc1cccc([N+](=O)[O-])c1. The van der Waals surface area contributed by atoms with Gasteiger partial charge in [0, 0.05) is 38.9 Å². The maximum Gasteiger partial charge on any atom is 0.269 e. The molecule has 0 spiro atoms. The Hall–Kier alpha value is -1.99. The molecule has 0 aromatic heterocycles. The van der Waals surface area contributed by atoms with Gasteiger partial charge in [-0.2, -0.15) is 0 Å². The van der Waals surface area contributed by atoms with Gasteiger partial charge in [0.05, 0.1) is 11.5 Å². The van der Waals surface area contributed by atoms with Crippen LogP contribution in [-0.2, 0) is 16.1 Å². The van der Waals surface area contributed by atoms with Crippen molar-refractivity contribution in [1.29, 1.82) is 0 Å². The average Bonchev–Trinajstić information content (AvgIpc) is 2.43. The number of benzene rings is 1. The zero-order chi connectivity index (χ0) is 15.7. The zero-order valence-corrected chi connectivity index (χ0v) is 12.4. The number of carbonyl (C=O) groups excluding carboxylic acids is 1. The summed E-state index contributed by atoms with van der Waals surface area (Å²) in [5.41, 5.74) is 0.865. The second-order valence-corrected chi connectivity index (χ2v) is 4.80. The predicted octanol–water partition coefficient (Wildman–Crippen LogP) is 1.18. The summed E-state index contributed by atoms with van der Waals surface area (Å²) in [4.78, 5) is 23.8. The standard InChI is InChI=1S/C14H21N3O4/c1-16(11-14(18)15-7-4-8-21-2)10-12-5-3-6-13(9-12)17(19)20/h3,5-6,9H,4,7-8,10-11H2,1-2H3,(H,15,18). The van der Waals surface area contributed by atoms with E-state index in [0.717, 1.165) is 12.0 Å². The van der Waals surface area contributed by atoms with Gasteiger partial charge >= 0.3 is 0 Å². The first kappa shape index (κ1) is 17.1. The summed E-state index contributed by atoms with van der Waals surface area (Å²) in [5, 5.41) is 13.5. The molecule has 7 nitrogen and oxygen atoms in total. The van der Waals surface area contributed by atoms with E-state index in [2.05, 4.69) is 5.32 Å². The molecule has 0 bridgehead atoms. The number of nitro groups is 1. The molecule has 0 aliphatic carbocycles. The monoisotopic (exact) mass is 295 g/mol. The highest BCUT2D eigenvalue weighted by molar-refractivity contribution is 5.77. The number of methoxy groups -OCH3 is 1. The van der Waals surface area contributed by atoms with Gasteiger partial charge in [-0.25, -0.2) is 0 Å². The number of amides is 1. The van der Waals surface area contributed by atoms with Crippen LogP contribution in [0.4, 0.5) is 5.69 Å². The number of rotatable bonds is 9. The fourth-order valence-electron chi connectivity index (χ4n) is 1.88. The topological polar surface area (TPSA) is 84.7 Å². The number of likely N-dealkylation sites (N-methyl/N-ethyl adjacent to an activating group) is 1. The third-order valence-corrected chi connectivity index (χ3v) is 2.83. The smallest absolute Gasteiger partial charge is 0.269 e. The van der Waals surface area contributed by atoms with E-state index in [1.807, 2.05) is 4.90 Å². The van der Waals surface area contributed by atoms with Crippen LogP contribution in [0.3, 0.4) is 0 Å². The van der Waals surface area contributed by atoms with Gasteiger partial charge in [-0.05, 0) is 19.0 Å². The Labute approximate surface area is 124 Å². The Bertz CT molecular complexity index is 479. The van der Waals surface area contributed by atoms with E-state index in [1.54, 1.807) is 26.3 Å². The van der Waals surface area contributed by atoms with E-state index in [9.17, 15) is 14.9 Å². The minimum atomic E-state index is -0.425. The van der Waals surface area contributed by atoms with Crippen molar-refractivity contribution in [3.05, 3.63) is 39.9 Å². The number of nitrogens with one attached hydrogen (secondary N) is 1. The lowest BCUT2D eigenvalue weighted by Crippen LogP contribution is -2.35. The van der Waals surface area contributed by atoms with Gasteiger partial charge in [0.1, 0.15) is 0 Å². The van der Waals surface area contributed by atoms with Crippen molar-refractivity contribution in [2.45, 2.75) is 13.0 Å². The van der Waals surface area contributed by atoms with E-state index in [0.29, 0.717) is 19.7 Å². The minimum absolute atomic E-state index is 0.0601. The van der Waals surface area contributed by atoms with Crippen LogP contribution in [0.1, 0.15) is 12.0 Å². The Balaban J connectivity index is 2.39. The predicted molar refractivity (Wildman–Crippen MR) is 78.9 cm³/mol. The number of ether oxygens (including phenoxy) is 1. The molecule has 0 atom stereocenters. The molecule has 21 heavy (non-hydrogen) atoms. The highest BCUT2D eigenvalue weighted by Gasteiger charge is 2.09. The van der Waals surface area contributed by atoms with Gasteiger partial charge in [0.25, 0.3) is 5.69 Å². The molecule has 0 radical (unpaired) electrons. The summed E-state index contributed by atoms with van der Waals surface area (Å²) in [6.45, 7) is 1.92. The number of nitro benzene ring substituents is 1. The molecule has 0 saturated carbocycles. The largest absolute Gasteiger partial charge is 0.385 e. The van der Waals surface area contributed by atoms with Crippen LogP contribution in [0.2, 0.25) is 0 Å². The van der Waals surface area contributed by atoms with E-state index in [-0.39, 0.29) is 18.1 Å². The van der Waals surface area contributed by atoms with Gasteiger partial charge in [-0.3, -0.25) is 19.8 Å². The van der Waals surface area contributed by atoms with Crippen LogP contribution in [0.5, 0.6) is 0 Å².